The molecule has 1 fully saturated rings. The van der Waals surface area contributed by atoms with Gasteiger partial charge in [-0.3, -0.25) is 0 Å². The predicted molar refractivity (Wildman–Crippen MR) is 98.8 cm³/mol. The number of hydrogen-bond acceptors (Lipinski definition) is 3. The Morgan fingerprint density at radius 1 is 0.906 bits per heavy atom. The Hall–Kier alpha value is -2.21. The zero-order valence-corrected chi connectivity index (χ0v) is 17.2. The van der Waals surface area contributed by atoms with Gasteiger partial charge in [0.25, 0.3) is 0 Å². The summed E-state index contributed by atoms with van der Waals surface area (Å²) < 4.78 is 131. The lowest BCUT2D eigenvalue weighted by molar-refractivity contribution is -0.348. The zero-order valence-electron chi connectivity index (χ0n) is 16.4. The zero-order chi connectivity index (χ0) is 24.2. The minimum absolute atomic E-state index is 0.0418. The molecule has 12 heteroatoms. The molecule has 0 bridgehead atoms. The maximum atomic E-state index is 14.3. The normalized spacial score (nSPS) is 20.5. The maximum absolute atomic E-state index is 14.3. The molecule has 0 amide bonds. The van der Waals surface area contributed by atoms with Gasteiger partial charge in [-0.1, -0.05) is 24.3 Å². The van der Waals surface area contributed by atoms with Crippen LogP contribution in [0.15, 0.2) is 47.4 Å². The molecule has 0 saturated carbocycles. The van der Waals surface area contributed by atoms with Crippen LogP contribution in [0.25, 0.3) is 0 Å². The van der Waals surface area contributed by atoms with Gasteiger partial charge in [0.2, 0.25) is 0 Å². The van der Waals surface area contributed by atoms with Gasteiger partial charge >= 0.3 is 18.0 Å². The van der Waals surface area contributed by atoms with E-state index in [1.807, 2.05) is 0 Å². The average Bonchev–Trinajstić information content (AvgIpc) is 3.19. The highest BCUT2D eigenvalue weighted by Gasteiger charge is 2.73. The number of rotatable bonds is 4. The summed E-state index contributed by atoms with van der Waals surface area (Å²) in [6.45, 7) is 1.35. The second-order valence-electron chi connectivity index (χ2n) is 7.57. The highest BCUT2D eigenvalue weighted by Crippen LogP contribution is 2.53. The third-order valence-electron chi connectivity index (χ3n) is 5.66. The van der Waals surface area contributed by atoms with Crippen molar-refractivity contribution in [1.29, 1.82) is 0 Å². The summed E-state index contributed by atoms with van der Waals surface area (Å²) in [7, 11) is -4.27. The Morgan fingerprint density at radius 3 is 1.91 bits per heavy atom. The molecule has 1 atom stereocenters. The fraction of sp³-hybridized carbons (Fsp3) is 0.400. The van der Waals surface area contributed by atoms with Gasteiger partial charge in [0, 0.05) is 12.1 Å². The van der Waals surface area contributed by atoms with E-state index in [-0.39, 0.29) is 35.5 Å². The van der Waals surface area contributed by atoms with E-state index in [2.05, 4.69) is 5.32 Å². The van der Waals surface area contributed by atoms with Crippen molar-refractivity contribution in [2.24, 2.45) is 0 Å². The van der Waals surface area contributed by atoms with Crippen LogP contribution in [0.2, 0.25) is 0 Å². The summed E-state index contributed by atoms with van der Waals surface area (Å²) in [6.07, 6.45) is -12.6. The molecule has 1 aliphatic rings. The van der Waals surface area contributed by atoms with E-state index >= 15 is 0 Å². The van der Waals surface area contributed by atoms with Crippen molar-refractivity contribution >= 4 is 9.84 Å². The number of benzene rings is 2. The van der Waals surface area contributed by atoms with Crippen LogP contribution in [0.4, 0.5) is 35.1 Å². The van der Waals surface area contributed by atoms with Crippen LogP contribution in [0, 0.1) is 12.7 Å². The molecule has 1 heterocycles. The average molecular weight is 487 g/mol. The summed E-state index contributed by atoms with van der Waals surface area (Å²) in [4.78, 5) is -0.255. The number of sulfone groups is 1. The van der Waals surface area contributed by atoms with E-state index in [0.717, 1.165) is 30.3 Å². The van der Waals surface area contributed by atoms with E-state index in [9.17, 15) is 43.5 Å². The summed E-state index contributed by atoms with van der Waals surface area (Å²) in [5.74, 6) is -0.648. The van der Waals surface area contributed by atoms with E-state index in [1.54, 1.807) is 0 Å². The Morgan fingerprint density at radius 2 is 1.47 bits per heavy atom. The van der Waals surface area contributed by atoms with Crippen LogP contribution in [0.5, 0.6) is 0 Å². The summed E-state index contributed by atoms with van der Waals surface area (Å²) in [5, 5.41) is 2.82. The van der Waals surface area contributed by atoms with Crippen LogP contribution >= 0.6 is 0 Å². The Kier molecular flexibility index (Phi) is 5.87. The van der Waals surface area contributed by atoms with Gasteiger partial charge in [-0.05, 0) is 49.2 Å². The topological polar surface area (TPSA) is 46.2 Å². The van der Waals surface area contributed by atoms with E-state index in [0.29, 0.717) is 12.1 Å². The summed E-state index contributed by atoms with van der Waals surface area (Å²) in [6, 6.07) is 5.17. The van der Waals surface area contributed by atoms with Crippen LogP contribution in [-0.4, -0.2) is 33.9 Å². The largest absolute Gasteiger partial charge is 0.435 e. The van der Waals surface area contributed by atoms with Crippen LogP contribution in [0.3, 0.4) is 0 Å². The highest BCUT2D eigenvalue weighted by molar-refractivity contribution is 7.92. The molecule has 1 saturated heterocycles. The molecule has 3 nitrogen and oxygen atoms in total. The van der Waals surface area contributed by atoms with E-state index < -0.39 is 44.0 Å². The van der Waals surface area contributed by atoms with Gasteiger partial charge in [0.1, 0.15) is 10.6 Å². The first-order valence-corrected chi connectivity index (χ1v) is 10.7. The second-order valence-corrected chi connectivity index (χ2v) is 9.83. The molecule has 2 aromatic carbocycles. The molecule has 0 aromatic heterocycles. The van der Waals surface area contributed by atoms with Crippen LogP contribution in [0.1, 0.15) is 23.1 Å². The SMILES string of the molecule is Cc1cc(S(=O)(=O)[C@]2(c3ccc(C(F)(C(F)(F)F)C(F)(F)F)cc3)CCNC2)ccc1F. The molecule has 0 spiro atoms. The highest BCUT2D eigenvalue weighted by atomic mass is 32.2. The Balaban J connectivity index is 2.13. The fourth-order valence-electron chi connectivity index (χ4n) is 3.80. The van der Waals surface area contributed by atoms with E-state index in [1.165, 1.54) is 6.92 Å². The first-order chi connectivity index (χ1) is 14.6. The number of hydrogen-bond donors (Lipinski definition) is 1. The van der Waals surface area contributed by atoms with Gasteiger partial charge in [-0.25, -0.2) is 17.2 Å². The molecule has 0 aliphatic carbocycles. The van der Waals surface area contributed by atoms with Crippen molar-refractivity contribution in [2.45, 2.75) is 41.0 Å². The molecular formula is C20H17F8NO2S. The minimum atomic E-state index is -6.28. The molecule has 3 rings (SSSR count). The lowest BCUT2D eigenvalue weighted by Gasteiger charge is -2.32. The van der Waals surface area contributed by atoms with Crippen molar-refractivity contribution in [3.05, 3.63) is 65.0 Å². The van der Waals surface area contributed by atoms with Crippen molar-refractivity contribution in [3.8, 4) is 0 Å². The molecular weight excluding hydrogens is 470 g/mol. The number of alkyl halides is 7. The van der Waals surface area contributed by atoms with Gasteiger partial charge < -0.3 is 5.32 Å². The van der Waals surface area contributed by atoms with E-state index in [4.69, 9.17) is 0 Å². The first kappa shape index (κ1) is 24.4. The predicted octanol–water partition coefficient (Wildman–Crippen LogP) is 5.09. The molecule has 2 aromatic rings. The molecule has 1 aliphatic heterocycles. The quantitative estimate of drug-likeness (QED) is 0.483. The fourth-order valence-corrected chi connectivity index (χ4v) is 5.94. The van der Waals surface area contributed by atoms with Gasteiger partial charge in [0.15, 0.2) is 9.84 Å². The van der Waals surface area contributed by atoms with Crippen LogP contribution in [-0.2, 0) is 20.3 Å². The Bertz CT molecular complexity index is 1090. The molecule has 0 unspecified atom stereocenters. The van der Waals surface area contributed by atoms with Crippen molar-refractivity contribution in [1.82, 2.24) is 5.32 Å². The molecule has 176 valence electrons. The Labute approximate surface area is 178 Å². The number of nitrogens with one attached hydrogen (secondary N) is 1. The molecule has 32 heavy (non-hydrogen) atoms. The van der Waals surface area contributed by atoms with Crippen molar-refractivity contribution in [2.75, 3.05) is 13.1 Å². The number of aryl methyl sites for hydroxylation is 1. The van der Waals surface area contributed by atoms with Gasteiger partial charge in [0.05, 0.1) is 4.90 Å². The monoisotopic (exact) mass is 487 g/mol. The first-order valence-electron chi connectivity index (χ1n) is 9.23. The third kappa shape index (κ3) is 3.57. The van der Waals surface area contributed by atoms with Crippen LogP contribution < -0.4 is 5.32 Å². The standard InChI is InChI=1S/C20H17F8NO2S/c1-12-10-15(6-7-16(12)21)32(30,31)17(8-9-29-11-17)13-2-4-14(5-3-13)18(22,19(23,24)25)20(26,27)28/h2-7,10,29H,8-9,11H2,1H3/t17-/m1/s1. The lowest BCUT2D eigenvalue weighted by atomic mass is 9.90. The maximum Gasteiger partial charge on any atom is 0.435 e. The summed E-state index contributed by atoms with van der Waals surface area (Å²) >= 11 is 0. The van der Waals surface area contributed by atoms with Gasteiger partial charge in [-0.2, -0.15) is 26.3 Å². The van der Waals surface area contributed by atoms with Crippen molar-refractivity contribution < 1.29 is 43.5 Å². The lowest BCUT2D eigenvalue weighted by Crippen LogP contribution is -2.50. The molecule has 0 radical (unpaired) electrons. The van der Waals surface area contributed by atoms with Crippen molar-refractivity contribution in [3.63, 3.8) is 0 Å². The smallest absolute Gasteiger partial charge is 0.315 e. The number of halogens is 8. The second kappa shape index (κ2) is 7.68. The molecule has 1 N–H and O–H groups in total. The third-order valence-corrected chi connectivity index (χ3v) is 8.15. The minimum Gasteiger partial charge on any atom is -0.315 e. The van der Waals surface area contributed by atoms with Gasteiger partial charge in [-0.15, -0.1) is 0 Å². The summed E-state index contributed by atoms with van der Waals surface area (Å²) in [5.41, 5.74) is -7.40.